The highest BCUT2D eigenvalue weighted by atomic mass is 16.5. The summed E-state index contributed by atoms with van der Waals surface area (Å²) in [7, 11) is 0. The molecule has 1 heterocycles. The van der Waals surface area contributed by atoms with Crippen LogP contribution in [0.3, 0.4) is 0 Å². The third-order valence-electron chi connectivity index (χ3n) is 5.67. The summed E-state index contributed by atoms with van der Waals surface area (Å²) in [6.45, 7) is 9.28. The van der Waals surface area contributed by atoms with Crippen LogP contribution in [0.5, 0.6) is 11.5 Å². The number of anilines is 1. The minimum atomic E-state index is 0.100. The minimum Gasteiger partial charge on any atom is -0.490 e. The van der Waals surface area contributed by atoms with Crippen LogP contribution in [0.4, 0.5) is 5.69 Å². The molecule has 6 nitrogen and oxygen atoms in total. The molecule has 1 fully saturated rings. The molecule has 2 aromatic rings. The summed E-state index contributed by atoms with van der Waals surface area (Å²) in [6, 6.07) is 18.3. The Balaban J connectivity index is 1.19. The number of nitrogens with zero attached hydrogens (tertiary/aromatic N) is 2. The third-order valence-corrected chi connectivity index (χ3v) is 5.67. The van der Waals surface area contributed by atoms with Crippen LogP contribution in [0, 0.1) is 0 Å². The van der Waals surface area contributed by atoms with Gasteiger partial charge < -0.3 is 19.7 Å². The maximum Gasteiger partial charge on any atom is 0.220 e. The minimum absolute atomic E-state index is 0.100. The van der Waals surface area contributed by atoms with Gasteiger partial charge in [-0.2, -0.15) is 0 Å². The van der Waals surface area contributed by atoms with Crippen molar-refractivity contribution in [1.82, 2.24) is 10.2 Å². The summed E-state index contributed by atoms with van der Waals surface area (Å²) in [5.74, 6) is 1.59. The van der Waals surface area contributed by atoms with E-state index in [9.17, 15) is 4.79 Å². The number of amides is 1. The molecule has 1 amide bonds. The number of carbonyl (C=O) groups excluding carboxylic acids is 1. The number of carbonyl (C=O) groups is 1. The molecule has 32 heavy (non-hydrogen) atoms. The number of ether oxygens (including phenoxy) is 2. The Kier molecular flexibility index (Phi) is 10.2. The number of rotatable bonds is 13. The second-order valence-corrected chi connectivity index (χ2v) is 8.05. The Morgan fingerprint density at radius 1 is 0.875 bits per heavy atom. The van der Waals surface area contributed by atoms with Crippen molar-refractivity contribution in [2.75, 3.05) is 57.4 Å². The average Bonchev–Trinajstić information content (AvgIpc) is 2.84. The number of nitrogens with one attached hydrogen (secondary N) is 1. The summed E-state index contributed by atoms with van der Waals surface area (Å²) >= 11 is 0. The monoisotopic (exact) mass is 439 g/mol. The number of unbranched alkanes of at least 4 members (excludes halogenated alkanes) is 1. The van der Waals surface area contributed by atoms with Gasteiger partial charge in [0.05, 0.1) is 13.2 Å². The molecule has 174 valence electrons. The molecule has 1 N–H and O–H groups in total. The van der Waals surface area contributed by atoms with Crippen molar-refractivity contribution in [2.45, 2.75) is 32.6 Å². The Bertz CT molecular complexity index is 792. The van der Waals surface area contributed by atoms with E-state index in [-0.39, 0.29) is 5.91 Å². The van der Waals surface area contributed by atoms with Crippen LogP contribution in [0.15, 0.2) is 54.6 Å². The van der Waals surface area contributed by atoms with E-state index >= 15 is 0 Å². The van der Waals surface area contributed by atoms with Gasteiger partial charge in [0.2, 0.25) is 5.91 Å². The van der Waals surface area contributed by atoms with Crippen molar-refractivity contribution >= 4 is 11.6 Å². The topological polar surface area (TPSA) is 54.0 Å². The SMILES string of the molecule is CCOc1ccccc1OCCCC(=O)NCCCCN1CCN(c2ccccc2)CC1. The average molecular weight is 440 g/mol. The maximum atomic E-state index is 12.1. The first-order valence-corrected chi connectivity index (χ1v) is 11.9. The highest BCUT2D eigenvalue weighted by molar-refractivity contribution is 5.75. The highest BCUT2D eigenvalue weighted by Crippen LogP contribution is 2.26. The molecule has 0 saturated carbocycles. The van der Waals surface area contributed by atoms with E-state index in [4.69, 9.17) is 9.47 Å². The molecule has 0 unspecified atom stereocenters. The number of para-hydroxylation sites is 3. The van der Waals surface area contributed by atoms with Crippen LogP contribution in [0.25, 0.3) is 0 Å². The Morgan fingerprint density at radius 3 is 2.28 bits per heavy atom. The molecule has 2 aromatic carbocycles. The van der Waals surface area contributed by atoms with E-state index in [1.165, 1.54) is 5.69 Å². The van der Waals surface area contributed by atoms with E-state index in [1.54, 1.807) is 0 Å². The normalized spacial score (nSPS) is 14.2. The number of piperazine rings is 1. The van der Waals surface area contributed by atoms with Gasteiger partial charge in [-0.05, 0) is 57.0 Å². The van der Waals surface area contributed by atoms with Gasteiger partial charge in [-0.1, -0.05) is 30.3 Å². The molecule has 0 aromatic heterocycles. The van der Waals surface area contributed by atoms with Gasteiger partial charge >= 0.3 is 0 Å². The zero-order valence-corrected chi connectivity index (χ0v) is 19.3. The Labute approximate surface area is 192 Å². The van der Waals surface area contributed by atoms with Crippen molar-refractivity contribution in [1.29, 1.82) is 0 Å². The lowest BCUT2D eigenvalue weighted by molar-refractivity contribution is -0.121. The summed E-state index contributed by atoms with van der Waals surface area (Å²) in [5, 5.41) is 3.03. The van der Waals surface area contributed by atoms with Crippen LogP contribution < -0.4 is 19.7 Å². The molecule has 0 aliphatic carbocycles. The van der Waals surface area contributed by atoms with Gasteiger partial charge in [0.1, 0.15) is 0 Å². The molecule has 6 heteroatoms. The molecule has 0 radical (unpaired) electrons. The second-order valence-electron chi connectivity index (χ2n) is 8.05. The van der Waals surface area contributed by atoms with Crippen LogP contribution in [0.1, 0.15) is 32.6 Å². The van der Waals surface area contributed by atoms with Crippen molar-refractivity contribution < 1.29 is 14.3 Å². The summed E-state index contributed by atoms with van der Waals surface area (Å²) in [5.41, 5.74) is 1.32. The molecule has 1 saturated heterocycles. The van der Waals surface area contributed by atoms with Gasteiger partial charge in [-0.25, -0.2) is 0 Å². The first kappa shape index (κ1) is 23.9. The second kappa shape index (κ2) is 13.6. The van der Waals surface area contributed by atoms with E-state index in [1.807, 2.05) is 31.2 Å². The van der Waals surface area contributed by atoms with Gasteiger partial charge in [0.15, 0.2) is 11.5 Å². The predicted molar refractivity (Wildman–Crippen MR) is 130 cm³/mol. The predicted octanol–water partition coefficient (Wildman–Crippen LogP) is 3.96. The smallest absolute Gasteiger partial charge is 0.220 e. The quantitative estimate of drug-likeness (QED) is 0.479. The molecule has 0 bridgehead atoms. The lowest BCUT2D eigenvalue weighted by Gasteiger charge is -2.36. The summed E-state index contributed by atoms with van der Waals surface area (Å²) in [6.07, 6.45) is 3.31. The molecule has 0 atom stereocenters. The maximum absolute atomic E-state index is 12.1. The molecule has 1 aliphatic rings. The van der Waals surface area contributed by atoms with Gasteiger partial charge in [-0.3, -0.25) is 9.69 Å². The Morgan fingerprint density at radius 2 is 1.56 bits per heavy atom. The third kappa shape index (κ3) is 8.08. The number of hydrogen-bond donors (Lipinski definition) is 1. The van der Waals surface area contributed by atoms with Crippen molar-refractivity contribution in [2.24, 2.45) is 0 Å². The first-order chi connectivity index (χ1) is 15.8. The lowest BCUT2D eigenvalue weighted by atomic mass is 10.2. The number of hydrogen-bond acceptors (Lipinski definition) is 5. The molecule has 1 aliphatic heterocycles. The van der Waals surface area contributed by atoms with E-state index < -0.39 is 0 Å². The van der Waals surface area contributed by atoms with Crippen molar-refractivity contribution in [3.8, 4) is 11.5 Å². The van der Waals surface area contributed by atoms with Crippen LogP contribution in [-0.2, 0) is 4.79 Å². The number of benzene rings is 2. The fourth-order valence-electron chi connectivity index (χ4n) is 3.90. The molecule has 0 spiro atoms. The molecular weight excluding hydrogens is 402 g/mol. The van der Waals surface area contributed by atoms with Crippen molar-refractivity contribution in [3.63, 3.8) is 0 Å². The highest BCUT2D eigenvalue weighted by Gasteiger charge is 2.16. The standard InChI is InChI=1S/C26H37N3O3/c1-2-31-24-13-6-7-14-25(24)32-22-10-15-26(30)27-16-8-9-17-28-18-20-29(21-19-28)23-11-4-3-5-12-23/h3-7,11-14H,2,8-10,15-22H2,1H3,(H,27,30). The molecular formula is C26H37N3O3. The Hall–Kier alpha value is -2.73. The molecule has 3 rings (SSSR count). The van der Waals surface area contributed by atoms with Gasteiger partial charge in [0, 0.05) is 44.8 Å². The van der Waals surface area contributed by atoms with Gasteiger partial charge in [-0.15, -0.1) is 0 Å². The van der Waals surface area contributed by atoms with Crippen LogP contribution in [-0.4, -0.2) is 63.3 Å². The summed E-state index contributed by atoms with van der Waals surface area (Å²) < 4.78 is 11.3. The zero-order chi connectivity index (χ0) is 22.4. The van der Waals surface area contributed by atoms with Crippen LogP contribution >= 0.6 is 0 Å². The van der Waals surface area contributed by atoms with E-state index in [0.29, 0.717) is 26.1 Å². The lowest BCUT2D eigenvalue weighted by Crippen LogP contribution is -2.46. The largest absolute Gasteiger partial charge is 0.490 e. The first-order valence-electron chi connectivity index (χ1n) is 11.9. The van der Waals surface area contributed by atoms with Gasteiger partial charge in [0.25, 0.3) is 0 Å². The van der Waals surface area contributed by atoms with E-state index in [2.05, 4.69) is 45.4 Å². The van der Waals surface area contributed by atoms with E-state index in [0.717, 1.165) is 63.6 Å². The fourth-order valence-corrected chi connectivity index (χ4v) is 3.90. The van der Waals surface area contributed by atoms with Crippen LogP contribution in [0.2, 0.25) is 0 Å². The fraction of sp³-hybridized carbons (Fsp3) is 0.500. The zero-order valence-electron chi connectivity index (χ0n) is 19.3. The summed E-state index contributed by atoms with van der Waals surface area (Å²) in [4.78, 5) is 17.0. The van der Waals surface area contributed by atoms with Crippen molar-refractivity contribution in [3.05, 3.63) is 54.6 Å².